The standard InChI is InChI=1S/C20H18N4O2/c21-16-9-10-22-12-17(16)23-11-13-5-1-4-8-18(13)24-19(25)14-6-2-3-7-15(14)20(24)26/h1-10,22-23H,11-12,21H2. The normalized spacial score (nSPS) is 15.9. The highest BCUT2D eigenvalue weighted by Gasteiger charge is 2.37. The molecule has 26 heavy (non-hydrogen) atoms. The van der Waals surface area contributed by atoms with Gasteiger partial charge in [0.15, 0.2) is 0 Å². The van der Waals surface area contributed by atoms with Gasteiger partial charge in [-0.15, -0.1) is 0 Å². The highest BCUT2D eigenvalue weighted by atomic mass is 16.2. The fourth-order valence-electron chi connectivity index (χ4n) is 3.17. The number of carbonyl (C=O) groups excluding carboxylic acids is 2. The van der Waals surface area contributed by atoms with E-state index in [0.717, 1.165) is 11.3 Å². The molecule has 0 unspecified atom stereocenters. The van der Waals surface area contributed by atoms with E-state index in [4.69, 9.17) is 5.73 Å². The van der Waals surface area contributed by atoms with Crippen LogP contribution in [0.1, 0.15) is 26.3 Å². The third-order valence-corrected chi connectivity index (χ3v) is 4.53. The number of para-hydroxylation sites is 1. The Kier molecular flexibility index (Phi) is 3.93. The molecule has 2 aromatic rings. The second-order valence-corrected chi connectivity index (χ2v) is 6.12. The van der Waals surface area contributed by atoms with Gasteiger partial charge in [-0.25, -0.2) is 4.90 Å². The fraction of sp³-hybridized carbons (Fsp3) is 0.100. The van der Waals surface area contributed by atoms with Crippen LogP contribution in [0.25, 0.3) is 0 Å². The molecule has 0 fully saturated rings. The van der Waals surface area contributed by atoms with Gasteiger partial charge in [0.2, 0.25) is 0 Å². The maximum Gasteiger partial charge on any atom is 0.266 e. The van der Waals surface area contributed by atoms with E-state index >= 15 is 0 Å². The zero-order chi connectivity index (χ0) is 18.1. The lowest BCUT2D eigenvalue weighted by Crippen LogP contribution is -2.32. The van der Waals surface area contributed by atoms with Crippen molar-refractivity contribution in [2.75, 3.05) is 11.4 Å². The van der Waals surface area contributed by atoms with Gasteiger partial charge in [0.1, 0.15) is 0 Å². The van der Waals surface area contributed by atoms with E-state index in [1.165, 1.54) is 4.90 Å². The van der Waals surface area contributed by atoms with Crippen LogP contribution < -0.4 is 21.3 Å². The molecule has 0 aliphatic carbocycles. The molecule has 2 aliphatic heterocycles. The highest BCUT2D eigenvalue weighted by Crippen LogP contribution is 2.30. The monoisotopic (exact) mass is 346 g/mol. The molecule has 0 aromatic heterocycles. The lowest BCUT2D eigenvalue weighted by Gasteiger charge is -2.21. The van der Waals surface area contributed by atoms with E-state index in [9.17, 15) is 9.59 Å². The zero-order valence-corrected chi connectivity index (χ0v) is 14.0. The first-order valence-corrected chi connectivity index (χ1v) is 8.35. The van der Waals surface area contributed by atoms with Crippen molar-refractivity contribution < 1.29 is 9.59 Å². The number of dihydropyridines is 1. The number of benzene rings is 2. The quantitative estimate of drug-likeness (QED) is 0.736. The van der Waals surface area contributed by atoms with Crippen molar-refractivity contribution in [3.8, 4) is 0 Å². The molecule has 0 radical (unpaired) electrons. The number of rotatable bonds is 4. The number of nitrogens with two attached hydrogens (primary N) is 1. The average Bonchev–Trinajstić information content (AvgIpc) is 2.92. The first-order chi connectivity index (χ1) is 12.7. The van der Waals surface area contributed by atoms with Crippen molar-refractivity contribution in [3.05, 3.63) is 88.9 Å². The van der Waals surface area contributed by atoms with Gasteiger partial charge in [0, 0.05) is 6.54 Å². The second kappa shape index (κ2) is 6.40. The molecule has 2 heterocycles. The van der Waals surface area contributed by atoms with E-state index < -0.39 is 0 Å². The van der Waals surface area contributed by atoms with E-state index in [1.54, 1.807) is 42.6 Å². The minimum Gasteiger partial charge on any atom is -0.397 e. The van der Waals surface area contributed by atoms with Crippen molar-refractivity contribution in [1.29, 1.82) is 0 Å². The van der Waals surface area contributed by atoms with Gasteiger partial charge >= 0.3 is 0 Å². The summed E-state index contributed by atoms with van der Waals surface area (Å²) in [5, 5.41) is 6.39. The molecule has 2 aliphatic rings. The molecule has 4 rings (SSSR count). The predicted molar refractivity (Wildman–Crippen MR) is 99.2 cm³/mol. The Balaban J connectivity index is 1.64. The largest absolute Gasteiger partial charge is 0.397 e. The van der Waals surface area contributed by atoms with Crippen molar-refractivity contribution >= 4 is 17.5 Å². The van der Waals surface area contributed by atoms with Crippen LogP contribution in [0.5, 0.6) is 0 Å². The summed E-state index contributed by atoms with van der Waals surface area (Å²) in [6.07, 6.45) is 3.59. The van der Waals surface area contributed by atoms with Crippen LogP contribution in [-0.2, 0) is 6.54 Å². The summed E-state index contributed by atoms with van der Waals surface area (Å²) in [6.45, 7) is 1.06. The highest BCUT2D eigenvalue weighted by molar-refractivity contribution is 6.34. The summed E-state index contributed by atoms with van der Waals surface area (Å²) in [6, 6.07) is 14.3. The van der Waals surface area contributed by atoms with Crippen LogP contribution in [0, 0.1) is 0 Å². The minimum absolute atomic E-state index is 0.293. The molecule has 0 saturated carbocycles. The lowest BCUT2D eigenvalue weighted by molar-refractivity contribution is 0.0926. The Morgan fingerprint density at radius 1 is 1.00 bits per heavy atom. The maximum absolute atomic E-state index is 12.8. The van der Waals surface area contributed by atoms with Gasteiger partial charge in [-0.1, -0.05) is 30.3 Å². The first-order valence-electron chi connectivity index (χ1n) is 8.35. The first kappa shape index (κ1) is 16.0. The van der Waals surface area contributed by atoms with E-state index in [-0.39, 0.29) is 11.8 Å². The number of anilines is 1. The SMILES string of the molecule is NC1=C(NCc2ccccc2N2C(=O)c3ccccc3C2=O)CNC=C1. The summed E-state index contributed by atoms with van der Waals surface area (Å²) < 4.78 is 0. The Hall–Kier alpha value is -3.54. The Labute approximate surface area is 151 Å². The van der Waals surface area contributed by atoms with Crippen LogP contribution in [-0.4, -0.2) is 18.4 Å². The summed E-state index contributed by atoms with van der Waals surface area (Å²) in [7, 11) is 0. The number of hydrogen-bond donors (Lipinski definition) is 3. The number of fused-ring (bicyclic) bond motifs is 1. The summed E-state index contributed by atoms with van der Waals surface area (Å²) >= 11 is 0. The number of allylic oxidation sites excluding steroid dienone is 1. The number of carbonyl (C=O) groups is 2. The van der Waals surface area contributed by atoms with Gasteiger partial charge in [0.25, 0.3) is 11.8 Å². The topological polar surface area (TPSA) is 87.5 Å². The van der Waals surface area contributed by atoms with Gasteiger partial charge in [-0.2, -0.15) is 0 Å². The Bertz CT molecular complexity index is 927. The van der Waals surface area contributed by atoms with Crippen molar-refractivity contribution in [2.45, 2.75) is 6.54 Å². The number of hydrogen-bond acceptors (Lipinski definition) is 5. The molecule has 6 heteroatoms. The van der Waals surface area contributed by atoms with Crippen LogP contribution >= 0.6 is 0 Å². The summed E-state index contributed by atoms with van der Waals surface area (Å²) in [5.74, 6) is -0.585. The van der Waals surface area contributed by atoms with Gasteiger partial charge < -0.3 is 16.4 Å². The van der Waals surface area contributed by atoms with E-state index in [0.29, 0.717) is 35.6 Å². The second-order valence-electron chi connectivity index (χ2n) is 6.12. The minimum atomic E-state index is -0.293. The van der Waals surface area contributed by atoms with E-state index in [1.807, 2.05) is 18.2 Å². The molecular formula is C20H18N4O2. The van der Waals surface area contributed by atoms with Crippen molar-refractivity contribution in [1.82, 2.24) is 10.6 Å². The lowest BCUT2D eigenvalue weighted by atomic mass is 10.1. The van der Waals surface area contributed by atoms with Crippen LogP contribution in [0.3, 0.4) is 0 Å². The average molecular weight is 346 g/mol. The predicted octanol–water partition coefficient (Wildman–Crippen LogP) is 1.86. The van der Waals surface area contributed by atoms with Crippen LogP contribution in [0.15, 0.2) is 72.2 Å². The van der Waals surface area contributed by atoms with Gasteiger partial charge in [-0.05, 0) is 36.0 Å². The van der Waals surface area contributed by atoms with Crippen molar-refractivity contribution in [3.63, 3.8) is 0 Å². The molecule has 2 amide bonds. The molecule has 0 bridgehead atoms. The number of imide groups is 1. The zero-order valence-electron chi connectivity index (χ0n) is 14.0. The molecule has 4 N–H and O–H groups in total. The molecule has 0 spiro atoms. The smallest absolute Gasteiger partial charge is 0.266 e. The molecule has 130 valence electrons. The molecular weight excluding hydrogens is 328 g/mol. The Morgan fingerprint density at radius 2 is 1.65 bits per heavy atom. The summed E-state index contributed by atoms with van der Waals surface area (Å²) in [5.41, 5.74) is 9.83. The molecule has 6 nitrogen and oxygen atoms in total. The van der Waals surface area contributed by atoms with E-state index in [2.05, 4.69) is 10.6 Å². The number of nitrogens with zero attached hydrogens (tertiary/aromatic N) is 1. The summed E-state index contributed by atoms with van der Waals surface area (Å²) in [4.78, 5) is 26.8. The molecule has 0 saturated heterocycles. The van der Waals surface area contributed by atoms with Crippen LogP contribution in [0.2, 0.25) is 0 Å². The third-order valence-electron chi connectivity index (χ3n) is 4.53. The van der Waals surface area contributed by atoms with Gasteiger partial charge in [0.05, 0.1) is 34.8 Å². The number of nitrogens with one attached hydrogen (secondary N) is 2. The van der Waals surface area contributed by atoms with Crippen molar-refractivity contribution in [2.24, 2.45) is 5.73 Å². The fourth-order valence-corrected chi connectivity index (χ4v) is 3.17. The van der Waals surface area contributed by atoms with Crippen LogP contribution in [0.4, 0.5) is 5.69 Å². The third kappa shape index (κ3) is 2.61. The van der Waals surface area contributed by atoms with Gasteiger partial charge in [-0.3, -0.25) is 9.59 Å². The Morgan fingerprint density at radius 3 is 2.35 bits per heavy atom. The molecule has 0 atom stereocenters. The molecule has 2 aromatic carbocycles. The number of amides is 2. The maximum atomic E-state index is 12.8.